The maximum Gasteiger partial charge on any atom is 0.410 e. The van der Waals surface area contributed by atoms with Crippen molar-refractivity contribution in [3.63, 3.8) is 0 Å². The largest absolute Gasteiger partial charge is 0.444 e. The molecule has 7 nitrogen and oxygen atoms in total. The lowest BCUT2D eigenvalue weighted by Gasteiger charge is -2.45. The van der Waals surface area contributed by atoms with Crippen LogP contribution in [-0.2, 0) is 19.1 Å². The molecule has 0 saturated carbocycles. The molecule has 0 bridgehead atoms. The van der Waals surface area contributed by atoms with Gasteiger partial charge in [-0.05, 0) is 26.2 Å². The average molecular weight is 364 g/mol. The molecular weight excluding hydrogens is 336 g/mol. The Hall–Kier alpha value is -2.18. The number of hydrogen-bond acceptors (Lipinski definition) is 5. The molecule has 3 amide bonds. The third-order valence-electron chi connectivity index (χ3n) is 4.16. The molecule has 1 atom stereocenters. The molecule has 1 saturated heterocycles. The molecule has 0 aliphatic carbocycles. The number of Topliss-reactive ketones (excluding diaryl/α,β-unsaturated/α-hetero) is 1. The zero-order chi connectivity index (χ0) is 19.9. The highest BCUT2D eigenvalue weighted by atomic mass is 16.6. The van der Waals surface area contributed by atoms with Gasteiger partial charge in [-0.3, -0.25) is 19.3 Å². The zero-order valence-corrected chi connectivity index (χ0v) is 16.4. The second kappa shape index (κ2) is 6.85. The summed E-state index contributed by atoms with van der Waals surface area (Å²) in [6.07, 6.45) is 2.17. The molecule has 0 aromatic carbocycles. The molecule has 7 heteroatoms. The number of hydrogen-bond donors (Lipinski definition) is 0. The Labute approximate surface area is 154 Å². The Morgan fingerprint density at radius 3 is 2.00 bits per heavy atom. The Kier molecular flexibility index (Phi) is 5.31. The second-order valence-electron chi connectivity index (χ2n) is 9.17. The molecule has 2 heterocycles. The maximum absolute atomic E-state index is 12.9. The summed E-state index contributed by atoms with van der Waals surface area (Å²) in [6.45, 7) is 11.7. The number of carbonyl (C=O) groups excluding carboxylic acids is 4. The number of carbonyl (C=O) groups is 4. The van der Waals surface area contributed by atoms with Gasteiger partial charge in [0.2, 0.25) is 0 Å². The van der Waals surface area contributed by atoms with Crippen molar-refractivity contribution in [1.82, 2.24) is 9.80 Å². The fraction of sp³-hybridized carbons (Fsp3) is 0.684. The van der Waals surface area contributed by atoms with Crippen LogP contribution in [0.25, 0.3) is 0 Å². The maximum atomic E-state index is 12.9. The smallest absolute Gasteiger partial charge is 0.410 e. The molecule has 1 unspecified atom stereocenters. The van der Waals surface area contributed by atoms with Crippen molar-refractivity contribution in [1.29, 1.82) is 0 Å². The van der Waals surface area contributed by atoms with Crippen LogP contribution in [0, 0.1) is 11.3 Å². The Morgan fingerprint density at radius 1 is 1.08 bits per heavy atom. The second-order valence-corrected chi connectivity index (χ2v) is 9.17. The lowest BCUT2D eigenvalue weighted by atomic mass is 9.81. The Morgan fingerprint density at radius 2 is 1.58 bits per heavy atom. The third kappa shape index (κ3) is 4.71. The van der Waals surface area contributed by atoms with Crippen molar-refractivity contribution in [2.24, 2.45) is 11.3 Å². The number of likely N-dealkylation sites (tertiary alicyclic amines) is 1. The number of ketones is 1. The van der Waals surface area contributed by atoms with Gasteiger partial charge in [-0.15, -0.1) is 0 Å². The Bertz CT molecular complexity index is 630. The van der Waals surface area contributed by atoms with Gasteiger partial charge in [-0.25, -0.2) is 4.79 Å². The Balaban J connectivity index is 2.12. The highest BCUT2D eigenvalue weighted by molar-refractivity contribution is 6.15. The summed E-state index contributed by atoms with van der Waals surface area (Å²) in [6, 6.07) is -0.845. The summed E-state index contributed by atoms with van der Waals surface area (Å²) in [4.78, 5) is 51.7. The summed E-state index contributed by atoms with van der Waals surface area (Å²) in [5.41, 5.74) is -0.863. The van der Waals surface area contributed by atoms with Gasteiger partial charge in [-0.1, -0.05) is 20.8 Å². The van der Waals surface area contributed by atoms with E-state index >= 15 is 0 Å². The normalized spacial score (nSPS) is 19.6. The molecule has 0 aromatic rings. The van der Waals surface area contributed by atoms with E-state index in [1.165, 1.54) is 17.1 Å². The van der Waals surface area contributed by atoms with E-state index in [-0.39, 0.29) is 36.6 Å². The van der Waals surface area contributed by atoms with E-state index < -0.39 is 29.6 Å². The van der Waals surface area contributed by atoms with Crippen LogP contribution in [0.5, 0.6) is 0 Å². The summed E-state index contributed by atoms with van der Waals surface area (Å²) < 4.78 is 5.32. The molecule has 26 heavy (non-hydrogen) atoms. The van der Waals surface area contributed by atoms with E-state index in [9.17, 15) is 19.2 Å². The first kappa shape index (κ1) is 20.1. The fourth-order valence-corrected chi connectivity index (χ4v) is 3.12. The predicted molar refractivity (Wildman–Crippen MR) is 95.2 cm³/mol. The van der Waals surface area contributed by atoms with E-state index in [1.807, 2.05) is 20.8 Å². The lowest BCUT2D eigenvalue weighted by Crippen LogP contribution is -2.62. The standard InChI is InChI=1S/C19H28N2O5/c1-18(2,3)9-13(22)16(21-14(23)7-8-15(21)24)12-10-20(11-12)17(25)26-19(4,5)6/h7-8,12,16H,9-11H2,1-6H3. The van der Waals surface area contributed by atoms with Crippen molar-refractivity contribution in [3.8, 4) is 0 Å². The van der Waals surface area contributed by atoms with Crippen molar-refractivity contribution >= 4 is 23.7 Å². The fourth-order valence-electron chi connectivity index (χ4n) is 3.12. The number of amides is 3. The first-order chi connectivity index (χ1) is 11.8. The van der Waals surface area contributed by atoms with E-state index in [4.69, 9.17) is 4.74 Å². The van der Waals surface area contributed by atoms with Gasteiger partial charge in [0, 0.05) is 37.6 Å². The molecule has 0 aromatic heterocycles. The molecule has 2 aliphatic rings. The van der Waals surface area contributed by atoms with Crippen LogP contribution in [0.3, 0.4) is 0 Å². The highest BCUT2D eigenvalue weighted by Crippen LogP contribution is 2.31. The molecule has 2 rings (SSSR count). The van der Waals surface area contributed by atoms with Crippen molar-refractivity contribution < 1.29 is 23.9 Å². The number of nitrogens with zero attached hydrogens (tertiary/aromatic N) is 2. The van der Waals surface area contributed by atoms with E-state index in [0.717, 1.165) is 4.90 Å². The number of imide groups is 1. The van der Waals surface area contributed by atoms with Crippen molar-refractivity contribution in [2.75, 3.05) is 13.1 Å². The molecule has 2 aliphatic heterocycles. The predicted octanol–water partition coefficient (Wildman–Crippen LogP) is 2.15. The van der Waals surface area contributed by atoms with Gasteiger partial charge in [-0.2, -0.15) is 0 Å². The van der Waals surface area contributed by atoms with Gasteiger partial charge < -0.3 is 9.64 Å². The lowest BCUT2D eigenvalue weighted by molar-refractivity contribution is -0.149. The highest BCUT2D eigenvalue weighted by Gasteiger charge is 2.47. The van der Waals surface area contributed by atoms with Gasteiger partial charge in [0.15, 0.2) is 5.78 Å². The van der Waals surface area contributed by atoms with Crippen LogP contribution in [0.1, 0.15) is 48.0 Å². The van der Waals surface area contributed by atoms with E-state index in [1.54, 1.807) is 20.8 Å². The monoisotopic (exact) mass is 364 g/mol. The molecule has 1 fully saturated rings. The summed E-state index contributed by atoms with van der Waals surface area (Å²) in [5, 5.41) is 0. The average Bonchev–Trinajstić information content (AvgIpc) is 2.68. The van der Waals surface area contributed by atoms with Crippen LogP contribution in [0.2, 0.25) is 0 Å². The minimum absolute atomic E-state index is 0.156. The molecule has 0 spiro atoms. The molecule has 0 radical (unpaired) electrons. The number of rotatable bonds is 4. The van der Waals surface area contributed by atoms with Crippen LogP contribution < -0.4 is 0 Å². The van der Waals surface area contributed by atoms with E-state index in [0.29, 0.717) is 0 Å². The molecule has 0 N–H and O–H groups in total. The van der Waals surface area contributed by atoms with Crippen LogP contribution >= 0.6 is 0 Å². The SMILES string of the molecule is CC(C)(C)CC(=O)C(C1CN(C(=O)OC(C)(C)C)C1)N1C(=O)C=CC1=O. The number of ether oxygens (including phenoxy) is 1. The summed E-state index contributed by atoms with van der Waals surface area (Å²) >= 11 is 0. The van der Waals surface area contributed by atoms with Gasteiger partial charge in [0.25, 0.3) is 11.8 Å². The molecule has 144 valence electrons. The zero-order valence-electron chi connectivity index (χ0n) is 16.4. The van der Waals surface area contributed by atoms with Gasteiger partial charge in [0.1, 0.15) is 11.6 Å². The quantitative estimate of drug-likeness (QED) is 0.714. The van der Waals surface area contributed by atoms with Crippen LogP contribution in [0.15, 0.2) is 12.2 Å². The van der Waals surface area contributed by atoms with Crippen molar-refractivity contribution in [2.45, 2.75) is 59.6 Å². The molecular formula is C19H28N2O5. The first-order valence-corrected chi connectivity index (χ1v) is 8.84. The summed E-state index contributed by atoms with van der Waals surface area (Å²) in [7, 11) is 0. The minimum Gasteiger partial charge on any atom is -0.444 e. The van der Waals surface area contributed by atoms with Crippen molar-refractivity contribution in [3.05, 3.63) is 12.2 Å². The first-order valence-electron chi connectivity index (χ1n) is 8.84. The van der Waals surface area contributed by atoms with Crippen LogP contribution in [-0.4, -0.2) is 58.2 Å². The topological polar surface area (TPSA) is 84.0 Å². The van der Waals surface area contributed by atoms with Gasteiger partial charge >= 0.3 is 6.09 Å². The minimum atomic E-state index is -0.845. The summed E-state index contributed by atoms with van der Waals surface area (Å²) in [5.74, 6) is -1.38. The van der Waals surface area contributed by atoms with E-state index in [2.05, 4.69) is 0 Å². The van der Waals surface area contributed by atoms with Crippen LogP contribution in [0.4, 0.5) is 4.79 Å². The third-order valence-corrected chi connectivity index (χ3v) is 4.16. The van der Waals surface area contributed by atoms with Gasteiger partial charge in [0.05, 0.1) is 0 Å².